The van der Waals surface area contributed by atoms with Crippen molar-refractivity contribution in [3.8, 4) is 34.2 Å². The third kappa shape index (κ3) is 3.20. The van der Waals surface area contributed by atoms with Gasteiger partial charge in [-0.1, -0.05) is 11.6 Å². The average molecular weight is 399 g/mol. The van der Waals surface area contributed by atoms with Gasteiger partial charge in [-0.05, 0) is 62.1 Å². The number of nitrogens with zero attached hydrogens (tertiary/aromatic N) is 2. The molecule has 0 spiro atoms. The first-order valence-corrected chi connectivity index (χ1v) is 9.71. The van der Waals surface area contributed by atoms with Gasteiger partial charge < -0.3 is 14.2 Å². The van der Waals surface area contributed by atoms with Gasteiger partial charge in [0.2, 0.25) is 5.75 Å². The van der Waals surface area contributed by atoms with Crippen molar-refractivity contribution in [3.63, 3.8) is 0 Å². The summed E-state index contributed by atoms with van der Waals surface area (Å²) in [5, 5.41) is 5.65. The predicted molar refractivity (Wildman–Crippen MR) is 110 cm³/mol. The van der Waals surface area contributed by atoms with Gasteiger partial charge in [0, 0.05) is 16.1 Å². The Kier molecular flexibility index (Phi) is 5.18. The first-order valence-electron chi connectivity index (χ1n) is 9.33. The quantitative estimate of drug-likeness (QED) is 0.600. The molecule has 0 N–H and O–H groups in total. The zero-order valence-corrected chi connectivity index (χ0v) is 17.0. The second kappa shape index (κ2) is 7.76. The maximum absolute atomic E-state index is 6.09. The van der Waals surface area contributed by atoms with Crippen molar-refractivity contribution in [2.75, 3.05) is 21.3 Å². The molecule has 2 aromatic carbocycles. The van der Waals surface area contributed by atoms with Crippen LogP contribution in [0.1, 0.15) is 24.1 Å². The summed E-state index contributed by atoms with van der Waals surface area (Å²) >= 11 is 6.09. The van der Waals surface area contributed by atoms with Crippen LogP contribution in [0.25, 0.3) is 16.9 Å². The van der Waals surface area contributed by atoms with E-state index in [9.17, 15) is 0 Å². The lowest BCUT2D eigenvalue weighted by Gasteiger charge is -2.17. The molecule has 0 saturated heterocycles. The molecule has 5 nitrogen and oxygen atoms in total. The van der Waals surface area contributed by atoms with Gasteiger partial charge in [-0.2, -0.15) is 5.10 Å². The van der Waals surface area contributed by atoms with Gasteiger partial charge in [0.05, 0.1) is 38.4 Å². The van der Waals surface area contributed by atoms with Crippen LogP contribution in [0.5, 0.6) is 17.2 Å². The Bertz CT molecular complexity index is 971. The van der Waals surface area contributed by atoms with Crippen LogP contribution >= 0.6 is 11.6 Å². The van der Waals surface area contributed by atoms with Crippen molar-refractivity contribution in [2.45, 2.75) is 25.7 Å². The van der Waals surface area contributed by atoms with Crippen molar-refractivity contribution in [1.82, 2.24) is 9.78 Å². The fourth-order valence-corrected chi connectivity index (χ4v) is 3.96. The van der Waals surface area contributed by atoms with Crippen molar-refractivity contribution in [1.29, 1.82) is 0 Å². The van der Waals surface area contributed by atoms with Gasteiger partial charge in [0.25, 0.3) is 0 Å². The minimum atomic E-state index is 0.583. The van der Waals surface area contributed by atoms with E-state index in [1.54, 1.807) is 21.3 Å². The minimum Gasteiger partial charge on any atom is -0.493 e. The Labute approximate surface area is 169 Å². The number of hydrogen-bond donors (Lipinski definition) is 0. The molecule has 1 aliphatic rings. The van der Waals surface area contributed by atoms with Crippen molar-refractivity contribution in [2.24, 2.45) is 0 Å². The number of rotatable bonds is 5. The number of benzene rings is 2. The van der Waals surface area contributed by atoms with Gasteiger partial charge in [-0.3, -0.25) is 0 Å². The van der Waals surface area contributed by atoms with Crippen LogP contribution in [0.15, 0.2) is 36.4 Å². The molecule has 1 heterocycles. The van der Waals surface area contributed by atoms with E-state index in [1.807, 2.05) is 41.1 Å². The molecule has 0 bridgehead atoms. The van der Waals surface area contributed by atoms with E-state index in [1.165, 1.54) is 12.0 Å². The maximum atomic E-state index is 6.09. The fourth-order valence-electron chi connectivity index (χ4n) is 3.84. The van der Waals surface area contributed by atoms with Crippen LogP contribution in [-0.2, 0) is 12.8 Å². The number of halogens is 1. The van der Waals surface area contributed by atoms with Gasteiger partial charge in [-0.25, -0.2) is 4.68 Å². The first-order chi connectivity index (χ1) is 13.7. The first kappa shape index (κ1) is 18.7. The van der Waals surface area contributed by atoms with Crippen molar-refractivity contribution >= 4 is 11.6 Å². The van der Waals surface area contributed by atoms with Gasteiger partial charge in [0.1, 0.15) is 0 Å². The number of methoxy groups -OCH3 is 3. The van der Waals surface area contributed by atoms with Crippen LogP contribution < -0.4 is 14.2 Å². The van der Waals surface area contributed by atoms with Gasteiger partial charge >= 0.3 is 0 Å². The standard InChI is InChI=1S/C22H23ClN2O3/c1-26-19-12-14(13-20(27-2)22(19)28-3)21-17-6-4-5-7-18(17)24-25(21)16-10-8-15(23)9-11-16/h8-13H,4-7H2,1-3H3. The summed E-state index contributed by atoms with van der Waals surface area (Å²) < 4.78 is 18.6. The molecule has 0 saturated carbocycles. The zero-order chi connectivity index (χ0) is 19.7. The third-order valence-corrected chi connectivity index (χ3v) is 5.42. The number of hydrogen-bond acceptors (Lipinski definition) is 4. The van der Waals surface area contributed by atoms with E-state index in [-0.39, 0.29) is 0 Å². The highest BCUT2D eigenvalue weighted by molar-refractivity contribution is 6.30. The summed E-state index contributed by atoms with van der Waals surface area (Å²) in [6.07, 6.45) is 4.33. The average Bonchev–Trinajstić information content (AvgIpc) is 3.12. The molecule has 4 rings (SSSR count). The Morgan fingerprint density at radius 3 is 2.14 bits per heavy atom. The van der Waals surface area contributed by atoms with E-state index >= 15 is 0 Å². The van der Waals surface area contributed by atoms with Crippen LogP contribution in [0.2, 0.25) is 5.02 Å². The molecule has 1 aromatic heterocycles. The Hall–Kier alpha value is -2.66. The largest absolute Gasteiger partial charge is 0.493 e. The number of fused-ring (bicyclic) bond motifs is 1. The van der Waals surface area contributed by atoms with Gasteiger partial charge in [0.15, 0.2) is 11.5 Å². The molecule has 0 amide bonds. The molecule has 146 valence electrons. The van der Waals surface area contributed by atoms with E-state index in [0.717, 1.165) is 41.9 Å². The number of ether oxygens (including phenoxy) is 3. The van der Waals surface area contributed by atoms with Gasteiger partial charge in [-0.15, -0.1) is 0 Å². The summed E-state index contributed by atoms with van der Waals surface area (Å²) in [5.74, 6) is 1.84. The monoisotopic (exact) mass is 398 g/mol. The van der Waals surface area contributed by atoms with E-state index in [2.05, 4.69) is 0 Å². The SMILES string of the molecule is COc1cc(-c2c3c(nn2-c2ccc(Cl)cc2)CCCC3)cc(OC)c1OC. The molecule has 0 atom stereocenters. The third-order valence-electron chi connectivity index (χ3n) is 5.17. The highest BCUT2D eigenvalue weighted by Gasteiger charge is 2.25. The molecule has 0 radical (unpaired) electrons. The molecule has 3 aromatic rings. The van der Waals surface area contributed by atoms with Crippen LogP contribution in [-0.4, -0.2) is 31.1 Å². The lowest BCUT2D eigenvalue weighted by Crippen LogP contribution is -2.02. The van der Waals surface area contributed by atoms with Crippen molar-refractivity contribution < 1.29 is 14.2 Å². The Balaban J connectivity index is 1.96. The van der Waals surface area contributed by atoms with E-state index in [4.69, 9.17) is 30.9 Å². The Morgan fingerprint density at radius 1 is 0.893 bits per heavy atom. The molecule has 0 aliphatic heterocycles. The second-order valence-electron chi connectivity index (χ2n) is 6.78. The van der Waals surface area contributed by atoms with E-state index < -0.39 is 0 Å². The molecule has 1 aliphatic carbocycles. The van der Waals surface area contributed by atoms with Crippen LogP contribution in [0.3, 0.4) is 0 Å². The maximum Gasteiger partial charge on any atom is 0.203 e. The summed E-state index contributed by atoms with van der Waals surface area (Å²) in [5.41, 5.74) is 5.47. The number of aromatic nitrogens is 2. The summed E-state index contributed by atoms with van der Waals surface area (Å²) in [7, 11) is 4.87. The zero-order valence-electron chi connectivity index (χ0n) is 16.3. The second-order valence-corrected chi connectivity index (χ2v) is 7.22. The normalized spacial score (nSPS) is 13.1. The highest BCUT2D eigenvalue weighted by Crippen LogP contribution is 2.43. The lowest BCUT2D eigenvalue weighted by atomic mass is 9.93. The highest BCUT2D eigenvalue weighted by atomic mass is 35.5. The van der Waals surface area contributed by atoms with Crippen LogP contribution in [0.4, 0.5) is 0 Å². The summed E-state index contributed by atoms with van der Waals surface area (Å²) in [6, 6.07) is 11.7. The summed E-state index contributed by atoms with van der Waals surface area (Å²) in [4.78, 5) is 0. The van der Waals surface area contributed by atoms with E-state index in [0.29, 0.717) is 22.3 Å². The van der Waals surface area contributed by atoms with Crippen LogP contribution in [0, 0.1) is 0 Å². The lowest BCUT2D eigenvalue weighted by molar-refractivity contribution is 0.324. The molecule has 0 fully saturated rings. The molecular formula is C22H23ClN2O3. The van der Waals surface area contributed by atoms with Crippen molar-refractivity contribution in [3.05, 3.63) is 52.7 Å². The predicted octanol–water partition coefficient (Wildman–Crippen LogP) is 5.10. The molecule has 6 heteroatoms. The minimum absolute atomic E-state index is 0.583. The summed E-state index contributed by atoms with van der Waals surface area (Å²) in [6.45, 7) is 0. The number of aryl methyl sites for hydroxylation is 1. The Morgan fingerprint density at radius 2 is 1.54 bits per heavy atom. The smallest absolute Gasteiger partial charge is 0.203 e. The fraction of sp³-hybridized carbons (Fsp3) is 0.318. The topological polar surface area (TPSA) is 45.5 Å². The molecule has 0 unspecified atom stereocenters. The molecule has 28 heavy (non-hydrogen) atoms. The molecular weight excluding hydrogens is 376 g/mol.